The summed E-state index contributed by atoms with van der Waals surface area (Å²) in [6, 6.07) is 13.0. The molecule has 0 saturated carbocycles. The molecule has 146 valence electrons. The Balaban J connectivity index is 2.15. The topological polar surface area (TPSA) is 56.8 Å². The van der Waals surface area contributed by atoms with E-state index in [2.05, 4.69) is 12.2 Å². The second kappa shape index (κ2) is 10.5. The fourth-order valence-corrected chi connectivity index (χ4v) is 2.79. The van der Waals surface area contributed by atoms with Crippen molar-refractivity contribution in [1.82, 2.24) is 5.32 Å². The van der Waals surface area contributed by atoms with Crippen LogP contribution in [0.3, 0.4) is 0 Å². The summed E-state index contributed by atoms with van der Waals surface area (Å²) >= 11 is 0. The van der Waals surface area contributed by atoms with Gasteiger partial charge in [0.1, 0.15) is 23.9 Å². The molecule has 0 saturated heterocycles. The molecule has 5 nitrogen and oxygen atoms in total. The molecule has 0 fully saturated rings. The normalized spacial score (nSPS) is 11.6. The molecular formula is C22H29NO4. The van der Waals surface area contributed by atoms with E-state index in [4.69, 9.17) is 14.2 Å². The summed E-state index contributed by atoms with van der Waals surface area (Å²) in [5.74, 6) is 2.07. The van der Waals surface area contributed by atoms with E-state index in [1.165, 1.54) is 0 Å². The number of amides is 1. The number of carbonyl (C=O) groups excluding carboxylic acids is 1. The van der Waals surface area contributed by atoms with E-state index in [1.54, 1.807) is 13.2 Å². The predicted octanol–water partition coefficient (Wildman–Crippen LogP) is 4.59. The molecule has 0 heterocycles. The molecular weight excluding hydrogens is 342 g/mol. The van der Waals surface area contributed by atoms with Crippen molar-refractivity contribution >= 4 is 5.91 Å². The van der Waals surface area contributed by atoms with Crippen LogP contribution in [0.25, 0.3) is 0 Å². The van der Waals surface area contributed by atoms with Gasteiger partial charge in [-0.15, -0.1) is 0 Å². The van der Waals surface area contributed by atoms with Gasteiger partial charge in [0.05, 0.1) is 13.7 Å². The number of ether oxygens (including phenoxy) is 3. The first-order valence-corrected chi connectivity index (χ1v) is 9.40. The van der Waals surface area contributed by atoms with Crippen molar-refractivity contribution in [2.24, 2.45) is 0 Å². The highest BCUT2D eigenvalue weighted by Crippen LogP contribution is 2.24. The molecule has 0 aromatic heterocycles. The zero-order valence-corrected chi connectivity index (χ0v) is 16.6. The van der Waals surface area contributed by atoms with Gasteiger partial charge in [-0.3, -0.25) is 4.79 Å². The Morgan fingerprint density at radius 1 is 1.07 bits per heavy atom. The number of hydrogen-bond donors (Lipinski definition) is 1. The van der Waals surface area contributed by atoms with Crippen molar-refractivity contribution in [2.45, 2.75) is 46.3 Å². The van der Waals surface area contributed by atoms with Crippen LogP contribution in [0.15, 0.2) is 42.5 Å². The van der Waals surface area contributed by atoms with Gasteiger partial charge in [-0.2, -0.15) is 0 Å². The van der Waals surface area contributed by atoms with Crippen LogP contribution < -0.4 is 19.5 Å². The molecule has 0 spiro atoms. The van der Waals surface area contributed by atoms with Crippen molar-refractivity contribution in [2.75, 3.05) is 13.7 Å². The molecule has 0 bridgehead atoms. The third kappa shape index (κ3) is 6.20. The molecule has 2 rings (SSSR count). The lowest BCUT2D eigenvalue weighted by Crippen LogP contribution is -2.32. The smallest absolute Gasteiger partial charge is 0.251 e. The lowest BCUT2D eigenvalue weighted by atomic mass is 10.1. The summed E-state index contributed by atoms with van der Waals surface area (Å²) < 4.78 is 16.8. The maximum absolute atomic E-state index is 12.5. The highest BCUT2D eigenvalue weighted by atomic mass is 16.5. The number of benzene rings is 2. The Labute approximate surface area is 161 Å². The number of nitrogens with one attached hydrogen (secondary N) is 1. The molecule has 0 radical (unpaired) electrons. The Kier molecular flexibility index (Phi) is 7.99. The van der Waals surface area contributed by atoms with Gasteiger partial charge < -0.3 is 19.5 Å². The molecule has 0 aliphatic rings. The first-order valence-electron chi connectivity index (χ1n) is 9.40. The van der Waals surface area contributed by atoms with E-state index in [1.807, 2.05) is 50.2 Å². The summed E-state index contributed by atoms with van der Waals surface area (Å²) in [7, 11) is 1.62. The third-order valence-corrected chi connectivity index (χ3v) is 4.16. The Morgan fingerprint density at radius 2 is 1.85 bits per heavy atom. The number of hydrogen-bond acceptors (Lipinski definition) is 4. The molecule has 0 aliphatic heterocycles. The predicted molar refractivity (Wildman–Crippen MR) is 107 cm³/mol. The minimum absolute atomic E-state index is 0.0818. The zero-order valence-electron chi connectivity index (χ0n) is 16.6. The highest BCUT2D eigenvalue weighted by molar-refractivity contribution is 5.94. The van der Waals surface area contributed by atoms with E-state index >= 15 is 0 Å². The Morgan fingerprint density at radius 3 is 2.56 bits per heavy atom. The highest BCUT2D eigenvalue weighted by Gasteiger charge is 2.13. The molecule has 27 heavy (non-hydrogen) atoms. The molecule has 1 atom stereocenters. The summed E-state index contributed by atoms with van der Waals surface area (Å²) in [5, 5.41) is 3.03. The zero-order chi connectivity index (χ0) is 19.6. The lowest BCUT2D eigenvalue weighted by Gasteiger charge is -2.16. The summed E-state index contributed by atoms with van der Waals surface area (Å²) in [4.78, 5) is 12.5. The summed E-state index contributed by atoms with van der Waals surface area (Å²) in [6.07, 6.45) is 1.99. The second-order valence-corrected chi connectivity index (χ2v) is 6.39. The van der Waals surface area contributed by atoms with Crippen LogP contribution >= 0.6 is 0 Å². The number of rotatable bonds is 10. The average molecular weight is 371 g/mol. The number of methoxy groups -OCH3 is 1. The van der Waals surface area contributed by atoms with Crippen LogP contribution in [0.1, 0.15) is 49.5 Å². The van der Waals surface area contributed by atoms with Crippen molar-refractivity contribution in [1.29, 1.82) is 0 Å². The van der Waals surface area contributed by atoms with Crippen molar-refractivity contribution in [3.05, 3.63) is 53.6 Å². The van der Waals surface area contributed by atoms with Gasteiger partial charge >= 0.3 is 0 Å². The van der Waals surface area contributed by atoms with E-state index in [0.29, 0.717) is 24.5 Å². The molecule has 2 aromatic rings. The van der Waals surface area contributed by atoms with Crippen LogP contribution in [-0.4, -0.2) is 25.7 Å². The van der Waals surface area contributed by atoms with E-state index in [0.717, 1.165) is 29.9 Å². The van der Waals surface area contributed by atoms with Gasteiger partial charge in [-0.1, -0.05) is 19.4 Å². The monoisotopic (exact) mass is 371 g/mol. The Bertz CT molecular complexity index is 745. The maximum Gasteiger partial charge on any atom is 0.251 e. The molecule has 1 amide bonds. The van der Waals surface area contributed by atoms with Crippen molar-refractivity contribution < 1.29 is 19.0 Å². The van der Waals surface area contributed by atoms with Crippen LogP contribution in [0.5, 0.6) is 17.2 Å². The lowest BCUT2D eigenvalue weighted by molar-refractivity contribution is 0.0938. The molecule has 0 unspecified atom stereocenters. The van der Waals surface area contributed by atoms with Crippen LogP contribution in [0, 0.1) is 0 Å². The Hall–Kier alpha value is -2.69. The summed E-state index contributed by atoms with van der Waals surface area (Å²) in [6.45, 7) is 6.90. The van der Waals surface area contributed by atoms with Crippen LogP contribution in [0.2, 0.25) is 0 Å². The third-order valence-electron chi connectivity index (χ3n) is 4.16. The fourth-order valence-electron chi connectivity index (χ4n) is 2.79. The number of carbonyl (C=O) groups is 1. The van der Waals surface area contributed by atoms with Gasteiger partial charge in [0, 0.05) is 23.2 Å². The van der Waals surface area contributed by atoms with Crippen LogP contribution in [-0.2, 0) is 6.61 Å². The van der Waals surface area contributed by atoms with Gasteiger partial charge in [0.15, 0.2) is 0 Å². The van der Waals surface area contributed by atoms with E-state index in [-0.39, 0.29) is 11.9 Å². The van der Waals surface area contributed by atoms with Gasteiger partial charge in [-0.05, 0) is 50.6 Å². The largest absolute Gasteiger partial charge is 0.497 e. The minimum atomic E-state index is -0.0818. The summed E-state index contributed by atoms with van der Waals surface area (Å²) in [5.41, 5.74) is 1.43. The molecule has 5 heteroatoms. The molecule has 0 aliphatic carbocycles. The first-order chi connectivity index (χ1) is 13.1. The van der Waals surface area contributed by atoms with Gasteiger partial charge in [0.25, 0.3) is 5.91 Å². The van der Waals surface area contributed by atoms with Crippen molar-refractivity contribution in [3.8, 4) is 17.2 Å². The first kappa shape index (κ1) is 20.6. The second-order valence-electron chi connectivity index (χ2n) is 6.39. The standard InChI is InChI=1S/C22H29NO4/c1-5-8-16(3)23-22(24)17-11-12-21(26-6-2)18(13-17)15-27-20-10-7-9-19(14-20)25-4/h7,9-14,16H,5-6,8,15H2,1-4H3,(H,23,24)/t16-/m1/s1. The quantitative estimate of drug-likeness (QED) is 0.664. The fraction of sp³-hybridized carbons (Fsp3) is 0.409. The minimum Gasteiger partial charge on any atom is -0.497 e. The van der Waals surface area contributed by atoms with Crippen LogP contribution in [0.4, 0.5) is 0 Å². The average Bonchev–Trinajstić information content (AvgIpc) is 2.67. The van der Waals surface area contributed by atoms with E-state index in [9.17, 15) is 4.79 Å². The SMILES string of the molecule is CCC[C@@H](C)NC(=O)c1ccc(OCC)c(COc2cccc(OC)c2)c1. The molecule has 2 aromatic carbocycles. The van der Waals surface area contributed by atoms with E-state index < -0.39 is 0 Å². The maximum atomic E-state index is 12.5. The van der Waals surface area contributed by atoms with Gasteiger partial charge in [0.2, 0.25) is 0 Å². The molecule has 1 N–H and O–H groups in total. The van der Waals surface area contributed by atoms with Crippen molar-refractivity contribution in [3.63, 3.8) is 0 Å². The van der Waals surface area contributed by atoms with Gasteiger partial charge in [-0.25, -0.2) is 0 Å².